The predicted octanol–water partition coefficient (Wildman–Crippen LogP) is 0.145. The van der Waals surface area contributed by atoms with Crippen LogP contribution in [-0.2, 0) is 9.47 Å². The molecule has 114 valence electrons. The van der Waals surface area contributed by atoms with Crippen LogP contribution in [0.5, 0.6) is 0 Å². The van der Waals surface area contributed by atoms with E-state index < -0.39 is 18.3 Å². The molecular weight excluding hydrogens is 282 g/mol. The van der Waals surface area contributed by atoms with E-state index in [9.17, 15) is 9.90 Å². The average molecular weight is 303 g/mol. The van der Waals surface area contributed by atoms with Crippen molar-refractivity contribution < 1.29 is 19.4 Å². The standard InChI is InChI=1S/C12H21N3O4S/c1-4-14-12(17)18-5-7-9(16)6(2)8-10(19-7)20-11(13-3)15-8/h6-10,16H,4-5H2,1-3H3,(H,13,15)(H,14,17). The lowest BCUT2D eigenvalue weighted by Gasteiger charge is -2.39. The van der Waals surface area contributed by atoms with Crippen molar-refractivity contribution in [2.75, 3.05) is 20.2 Å². The molecule has 0 aromatic heterocycles. The van der Waals surface area contributed by atoms with Crippen molar-refractivity contribution in [1.82, 2.24) is 10.6 Å². The summed E-state index contributed by atoms with van der Waals surface area (Å²) in [6, 6.07) is 0.0226. The molecule has 0 spiro atoms. The van der Waals surface area contributed by atoms with Gasteiger partial charge >= 0.3 is 6.09 Å². The zero-order valence-electron chi connectivity index (χ0n) is 11.8. The second kappa shape index (κ2) is 6.64. The fourth-order valence-corrected chi connectivity index (χ4v) is 3.52. The van der Waals surface area contributed by atoms with Gasteiger partial charge in [-0.2, -0.15) is 0 Å². The number of fused-ring (bicyclic) bond motifs is 1. The van der Waals surface area contributed by atoms with Gasteiger partial charge in [0, 0.05) is 19.5 Å². The first-order chi connectivity index (χ1) is 9.56. The molecular formula is C12H21N3O4S. The van der Waals surface area contributed by atoms with Crippen LogP contribution in [0.4, 0.5) is 4.79 Å². The van der Waals surface area contributed by atoms with Gasteiger partial charge in [0.2, 0.25) is 0 Å². The quantitative estimate of drug-likeness (QED) is 0.687. The van der Waals surface area contributed by atoms with E-state index in [-0.39, 0.29) is 24.0 Å². The summed E-state index contributed by atoms with van der Waals surface area (Å²) in [5.74, 6) is -0.0108. The third kappa shape index (κ3) is 3.18. The normalized spacial score (nSPS) is 38.2. The molecule has 5 atom stereocenters. The number of ether oxygens (including phenoxy) is 2. The SMILES string of the molecule is CCNC(=O)OCC1OC2SC(=NC)NC2C(C)C1O. The van der Waals surface area contributed by atoms with Crippen molar-refractivity contribution in [1.29, 1.82) is 0 Å². The van der Waals surface area contributed by atoms with Gasteiger partial charge < -0.3 is 25.2 Å². The summed E-state index contributed by atoms with van der Waals surface area (Å²) >= 11 is 1.50. The number of aliphatic imine (C=N–C) groups is 1. The number of hydrogen-bond acceptors (Lipinski definition) is 6. The Balaban J connectivity index is 1.93. The Bertz CT molecular complexity index is 393. The fourth-order valence-electron chi connectivity index (χ4n) is 2.33. The van der Waals surface area contributed by atoms with E-state index >= 15 is 0 Å². The third-order valence-corrected chi connectivity index (χ3v) is 4.67. The molecule has 1 amide bonds. The van der Waals surface area contributed by atoms with Crippen molar-refractivity contribution in [3.63, 3.8) is 0 Å². The maximum absolute atomic E-state index is 11.3. The Morgan fingerprint density at radius 1 is 1.65 bits per heavy atom. The third-order valence-electron chi connectivity index (χ3n) is 3.51. The van der Waals surface area contributed by atoms with Gasteiger partial charge in [-0.1, -0.05) is 18.7 Å². The number of hydrogen-bond donors (Lipinski definition) is 3. The number of rotatable bonds is 3. The van der Waals surface area contributed by atoms with Gasteiger partial charge in [-0.05, 0) is 6.92 Å². The second-order valence-electron chi connectivity index (χ2n) is 4.84. The number of nitrogens with zero attached hydrogens (tertiary/aromatic N) is 1. The van der Waals surface area contributed by atoms with Gasteiger partial charge in [0.25, 0.3) is 0 Å². The number of aliphatic hydroxyl groups excluding tert-OH is 1. The van der Waals surface area contributed by atoms with Crippen molar-refractivity contribution >= 4 is 23.0 Å². The van der Waals surface area contributed by atoms with Crippen LogP contribution in [-0.4, -0.2) is 60.3 Å². The van der Waals surface area contributed by atoms with E-state index in [0.717, 1.165) is 5.17 Å². The highest BCUT2D eigenvalue weighted by Crippen LogP contribution is 2.36. The predicted molar refractivity (Wildman–Crippen MR) is 76.7 cm³/mol. The molecule has 0 bridgehead atoms. The Kier molecular flexibility index (Phi) is 5.11. The molecule has 0 aromatic rings. The first kappa shape index (κ1) is 15.4. The van der Waals surface area contributed by atoms with Crippen molar-refractivity contribution in [2.45, 2.75) is 37.5 Å². The molecule has 2 fully saturated rings. The number of carbonyl (C=O) groups is 1. The Morgan fingerprint density at radius 2 is 2.40 bits per heavy atom. The lowest BCUT2D eigenvalue weighted by molar-refractivity contribution is -0.139. The molecule has 20 heavy (non-hydrogen) atoms. The largest absolute Gasteiger partial charge is 0.447 e. The molecule has 2 aliphatic rings. The molecule has 5 unspecified atom stereocenters. The number of thioether (sulfide) groups is 1. The van der Waals surface area contributed by atoms with Crippen LogP contribution in [0.15, 0.2) is 4.99 Å². The molecule has 0 aromatic carbocycles. The zero-order chi connectivity index (χ0) is 14.7. The number of alkyl carbamates (subject to hydrolysis) is 1. The van der Waals surface area contributed by atoms with Crippen LogP contribution in [0.3, 0.4) is 0 Å². The Hall–Kier alpha value is -0.990. The summed E-state index contributed by atoms with van der Waals surface area (Å²) < 4.78 is 10.9. The number of carbonyl (C=O) groups excluding carboxylic acids is 1. The molecule has 8 heteroatoms. The minimum atomic E-state index is -0.685. The van der Waals surface area contributed by atoms with Gasteiger partial charge in [-0.3, -0.25) is 4.99 Å². The summed E-state index contributed by atoms with van der Waals surface area (Å²) in [4.78, 5) is 15.4. The second-order valence-corrected chi connectivity index (χ2v) is 5.93. The Morgan fingerprint density at radius 3 is 3.05 bits per heavy atom. The van der Waals surface area contributed by atoms with Gasteiger partial charge in [-0.15, -0.1) is 0 Å². The summed E-state index contributed by atoms with van der Waals surface area (Å²) in [5, 5.41) is 16.8. The van der Waals surface area contributed by atoms with E-state index in [4.69, 9.17) is 9.47 Å². The monoisotopic (exact) mass is 303 g/mol. The van der Waals surface area contributed by atoms with Gasteiger partial charge in [0.05, 0.1) is 12.1 Å². The minimum Gasteiger partial charge on any atom is -0.447 e. The van der Waals surface area contributed by atoms with Crippen LogP contribution in [0.1, 0.15) is 13.8 Å². The van der Waals surface area contributed by atoms with Gasteiger partial charge in [0.1, 0.15) is 18.1 Å². The lowest BCUT2D eigenvalue weighted by atomic mass is 9.90. The molecule has 2 saturated heterocycles. The number of aliphatic hydroxyl groups is 1. The minimum absolute atomic E-state index is 0.0108. The number of amidine groups is 1. The van der Waals surface area contributed by atoms with Crippen LogP contribution in [0.25, 0.3) is 0 Å². The highest BCUT2D eigenvalue weighted by molar-refractivity contribution is 8.14. The van der Waals surface area contributed by atoms with Gasteiger partial charge in [-0.25, -0.2) is 4.79 Å². The highest BCUT2D eigenvalue weighted by atomic mass is 32.2. The highest BCUT2D eigenvalue weighted by Gasteiger charge is 2.47. The first-order valence-corrected chi connectivity index (χ1v) is 7.59. The maximum Gasteiger partial charge on any atom is 0.407 e. The molecule has 0 aliphatic carbocycles. The smallest absolute Gasteiger partial charge is 0.407 e. The molecule has 2 aliphatic heterocycles. The topological polar surface area (TPSA) is 92.2 Å². The number of nitrogens with one attached hydrogen (secondary N) is 2. The molecule has 3 N–H and O–H groups in total. The van der Waals surface area contributed by atoms with E-state index in [2.05, 4.69) is 15.6 Å². The summed E-state index contributed by atoms with van der Waals surface area (Å²) in [6.45, 7) is 4.31. The lowest BCUT2D eigenvalue weighted by Crippen LogP contribution is -2.55. The van der Waals surface area contributed by atoms with Crippen LogP contribution < -0.4 is 10.6 Å². The van der Waals surface area contributed by atoms with Gasteiger partial charge in [0.15, 0.2) is 5.17 Å². The number of amides is 1. The van der Waals surface area contributed by atoms with Crippen molar-refractivity contribution in [3.8, 4) is 0 Å². The Labute approximate surface area is 122 Å². The van der Waals surface area contributed by atoms with Crippen molar-refractivity contribution in [3.05, 3.63) is 0 Å². The van der Waals surface area contributed by atoms with E-state index in [1.54, 1.807) is 7.05 Å². The zero-order valence-corrected chi connectivity index (χ0v) is 12.6. The molecule has 2 rings (SSSR count). The molecule has 0 radical (unpaired) electrons. The summed E-state index contributed by atoms with van der Waals surface area (Å²) in [5.41, 5.74) is -0.116. The first-order valence-electron chi connectivity index (χ1n) is 6.71. The average Bonchev–Trinajstić information content (AvgIpc) is 2.85. The van der Waals surface area contributed by atoms with Crippen LogP contribution in [0, 0.1) is 5.92 Å². The van der Waals surface area contributed by atoms with E-state index in [1.165, 1.54) is 11.8 Å². The van der Waals surface area contributed by atoms with Crippen LogP contribution in [0.2, 0.25) is 0 Å². The van der Waals surface area contributed by atoms with Crippen molar-refractivity contribution in [2.24, 2.45) is 10.9 Å². The van der Waals surface area contributed by atoms with Crippen LogP contribution >= 0.6 is 11.8 Å². The molecule has 2 heterocycles. The molecule has 0 saturated carbocycles. The van der Waals surface area contributed by atoms with E-state index in [1.807, 2.05) is 13.8 Å². The molecule has 7 nitrogen and oxygen atoms in total. The maximum atomic E-state index is 11.3. The van der Waals surface area contributed by atoms with E-state index in [0.29, 0.717) is 6.54 Å². The summed E-state index contributed by atoms with van der Waals surface area (Å²) in [6.07, 6.45) is -1.69. The summed E-state index contributed by atoms with van der Waals surface area (Å²) in [7, 11) is 1.71. The fraction of sp³-hybridized carbons (Fsp3) is 0.833.